The zero-order valence-electron chi connectivity index (χ0n) is 12.1. The standard InChI is InChI=1S/C16H19FN2OS/c1-10-3-2-7-19(8-6-10)16(20)15-14(18)12-9-11(17)4-5-13(12)21-15/h4-5,9-10H,2-3,6-8,18H2,1H3. The molecule has 1 aliphatic heterocycles. The molecular formula is C16H19FN2OS. The predicted octanol–water partition coefficient (Wildman–Crippen LogP) is 3.88. The Bertz CT molecular complexity index is 682. The maximum Gasteiger partial charge on any atom is 0.266 e. The summed E-state index contributed by atoms with van der Waals surface area (Å²) in [7, 11) is 0. The number of likely N-dealkylation sites (tertiary alicyclic amines) is 1. The number of nitrogen functional groups attached to an aromatic ring is 1. The highest BCUT2D eigenvalue weighted by atomic mass is 32.1. The molecule has 2 aromatic rings. The van der Waals surface area contributed by atoms with Gasteiger partial charge in [0.05, 0.1) is 5.69 Å². The number of benzene rings is 1. The summed E-state index contributed by atoms with van der Waals surface area (Å²) in [4.78, 5) is 15.1. The van der Waals surface area contributed by atoms with Crippen LogP contribution >= 0.6 is 11.3 Å². The van der Waals surface area contributed by atoms with E-state index in [4.69, 9.17) is 5.73 Å². The van der Waals surface area contributed by atoms with Gasteiger partial charge in [0.2, 0.25) is 0 Å². The molecule has 3 rings (SSSR count). The quantitative estimate of drug-likeness (QED) is 0.869. The van der Waals surface area contributed by atoms with Crippen molar-refractivity contribution in [3.05, 3.63) is 28.9 Å². The molecule has 1 aromatic carbocycles. The Morgan fingerprint density at radius 1 is 1.38 bits per heavy atom. The fraction of sp³-hybridized carbons (Fsp3) is 0.438. The predicted molar refractivity (Wildman–Crippen MR) is 85.1 cm³/mol. The first kappa shape index (κ1) is 14.3. The minimum Gasteiger partial charge on any atom is -0.397 e. The van der Waals surface area contributed by atoms with E-state index in [0.29, 0.717) is 21.9 Å². The third-order valence-electron chi connectivity index (χ3n) is 4.19. The zero-order chi connectivity index (χ0) is 15.0. The fourth-order valence-electron chi connectivity index (χ4n) is 2.86. The molecule has 1 unspecified atom stereocenters. The van der Waals surface area contributed by atoms with Gasteiger partial charge in [0.15, 0.2) is 0 Å². The lowest BCUT2D eigenvalue weighted by atomic mass is 10.0. The van der Waals surface area contributed by atoms with E-state index in [2.05, 4.69) is 6.92 Å². The van der Waals surface area contributed by atoms with Crippen molar-refractivity contribution in [2.24, 2.45) is 5.92 Å². The number of nitrogens with two attached hydrogens (primary N) is 1. The molecule has 0 aliphatic carbocycles. The summed E-state index contributed by atoms with van der Waals surface area (Å²) in [6, 6.07) is 4.50. The van der Waals surface area contributed by atoms with Gasteiger partial charge >= 0.3 is 0 Å². The molecule has 5 heteroatoms. The zero-order valence-corrected chi connectivity index (χ0v) is 12.9. The van der Waals surface area contributed by atoms with E-state index in [1.165, 1.54) is 23.5 Å². The summed E-state index contributed by atoms with van der Waals surface area (Å²) < 4.78 is 14.2. The third kappa shape index (κ3) is 2.75. The number of thiophene rings is 1. The van der Waals surface area contributed by atoms with Crippen LogP contribution in [0.25, 0.3) is 10.1 Å². The number of rotatable bonds is 1. The highest BCUT2D eigenvalue weighted by molar-refractivity contribution is 7.21. The molecule has 21 heavy (non-hydrogen) atoms. The van der Waals surface area contributed by atoms with Gasteiger partial charge in [0, 0.05) is 23.2 Å². The third-order valence-corrected chi connectivity index (χ3v) is 5.36. The van der Waals surface area contributed by atoms with Gasteiger partial charge in [-0.2, -0.15) is 0 Å². The number of fused-ring (bicyclic) bond motifs is 1. The average Bonchev–Trinajstić information content (AvgIpc) is 2.64. The second-order valence-corrected chi connectivity index (χ2v) is 6.87. The lowest BCUT2D eigenvalue weighted by molar-refractivity contribution is 0.0766. The number of carbonyl (C=O) groups excluding carboxylic acids is 1. The van der Waals surface area contributed by atoms with Crippen molar-refractivity contribution < 1.29 is 9.18 Å². The molecule has 2 heterocycles. The molecule has 1 fully saturated rings. The van der Waals surface area contributed by atoms with E-state index in [1.54, 1.807) is 6.07 Å². The number of amides is 1. The van der Waals surface area contributed by atoms with Crippen molar-refractivity contribution in [3.63, 3.8) is 0 Å². The summed E-state index contributed by atoms with van der Waals surface area (Å²) in [5.74, 6) is 0.328. The van der Waals surface area contributed by atoms with Crippen LogP contribution in [0, 0.1) is 11.7 Å². The van der Waals surface area contributed by atoms with E-state index in [1.807, 2.05) is 4.90 Å². The lowest BCUT2D eigenvalue weighted by Crippen LogP contribution is -2.31. The molecule has 1 amide bonds. The van der Waals surface area contributed by atoms with Crippen LogP contribution in [0.3, 0.4) is 0 Å². The van der Waals surface area contributed by atoms with E-state index >= 15 is 0 Å². The van der Waals surface area contributed by atoms with Crippen molar-refractivity contribution in [3.8, 4) is 0 Å². The van der Waals surface area contributed by atoms with Crippen LogP contribution < -0.4 is 5.73 Å². The molecule has 112 valence electrons. The van der Waals surface area contributed by atoms with Crippen molar-refractivity contribution in [1.82, 2.24) is 4.90 Å². The monoisotopic (exact) mass is 306 g/mol. The first-order valence-corrected chi connectivity index (χ1v) is 8.14. The van der Waals surface area contributed by atoms with Crippen LogP contribution in [-0.2, 0) is 0 Å². The Hall–Kier alpha value is -1.62. The average molecular weight is 306 g/mol. The van der Waals surface area contributed by atoms with Gasteiger partial charge in [0.25, 0.3) is 5.91 Å². The van der Waals surface area contributed by atoms with E-state index in [0.717, 1.165) is 37.1 Å². The maximum atomic E-state index is 13.3. The fourth-order valence-corrected chi connectivity index (χ4v) is 3.93. The SMILES string of the molecule is CC1CCCN(C(=O)c2sc3ccc(F)cc3c2N)CC1. The van der Waals surface area contributed by atoms with Crippen molar-refractivity contribution in [1.29, 1.82) is 0 Å². The van der Waals surface area contributed by atoms with Crippen LogP contribution in [0.1, 0.15) is 35.9 Å². The number of halogens is 1. The normalized spacial score (nSPS) is 19.7. The Labute approximate surface area is 127 Å². The molecule has 0 spiro atoms. The van der Waals surface area contributed by atoms with Crippen LogP contribution in [-0.4, -0.2) is 23.9 Å². The van der Waals surface area contributed by atoms with Crippen molar-refractivity contribution in [2.45, 2.75) is 26.2 Å². The van der Waals surface area contributed by atoms with E-state index < -0.39 is 0 Å². The number of carbonyl (C=O) groups is 1. The molecule has 0 bridgehead atoms. The maximum absolute atomic E-state index is 13.3. The van der Waals surface area contributed by atoms with Crippen LogP contribution in [0.15, 0.2) is 18.2 Å². The molecule has 3 nitrogen and oxygen atoms in total. The second kappa shape index (κ2) is 5.64. The molecule has 1 saturated heterocycles. The summed E-state index contributed by atoms with van der Waals surface area (Å²) >= 11 is 1.36. The minimum atomic E-state index is -0.324. The summed E-state index contributed by atoms with van der Waals surface area (Å²) in [5.41, 5.74) is 6.49. The largest absolute Gasteiger partial charge is 0.397 e. The van der Waals surface area contributed by atoms with E-state index in [9.17, 15) is 9.18 Å². The van der Waals surface area contributed by atoms with Crippen LogP contribution in [0.5, 0.6) is 0 Å². The molecule has 1 aromatic heterocycles. The van der Waals surface area contributed by atoms with Gasteiger partial charge in [-0.05, 0) is 43.4 Å². The van der Waals surface area contributed by atoms with Crippen molar-refractivity contribution >= 4 is 33.0 Å². The molecule has 2 N–H and O–H groups in total. The molecule has 0 saturated carbocycles. The van der Waals surface area contributed by atoms with Gasteiger partial charge < -0.3 is 10.6 Å². The van der Waals surface area contributed by atoms with Gasteiger partial charge in [-0.15, -0.1) is 11.3 Å². The van der Waals surface area contributed by atoms with Crippen LogP contribution in [0.4, 0.5) is 10.1 Å². The molecule has 1 aliphatic rings. The van der Waals surface area contributed by atoms with Gasteiger partial charge in [-0.3, -0.25) is 4.79 Å². The number of hydrogen-bond acceptors (Lipinski definition) is 3. The van der Waals surface area contributed by atoms with Crippen LogP contribution in [0.2, 0.25) is 0 Å². The molecule has 1 atom stereocenters. The summed E-state index contributed by atoms with van der Waals surface area (Å²) in [6.45, 7) is 3.79. The Kier molecular flexibility index (Phi) is 3.85. The minimum absolute atomic E-state index is 0.0109. The Balaban J connectivity index is 1.92. The summed E-state index contributed by atoms with van der Waals surface area (Å²) in [5, 5.41) is 0.645. The first-order valence-electron chi connectivity index (χ1n) is 7.33. The van der Waals surface area contributed by atoms with E-state index in [-0.39, 0.29) is 11.7 Å². The highest BCUT2D eigenvalue weighted by Crippen LogP contribution is 2.35. The molecular weight excluding hydrogens is 287 g/mol. The Morgan fingerprint density at radius 2 is 2.19 bits per heavy atom. The summed E-state index contributed by atoms with van der Waals surface area (Å²) in [6.07, 6.45) is 3.23. The lowest BCUT2D eigenvalue weighted by Gasteiger charge is -2.19. The second-order valence-electron chi connectivity index (χ2n) is 5.81. The number of hydrogen-bond donors (Lipinski definition) is 1. The Morgan fingerprint density at radius 3 is 3.00 bits per heavy atom. The first-order chi connectivity index (χ1) is 10.1. The molecule has 0 radical (unpaired) electrons. The number of nitrogens with zero attached hydrogens (tertiary/aromatic N) is 1. The van der Waals surface area contributed by atoms with Gasteiger partial charge in [0.1, 0.15) is 10.7 Å². The van der Waals surface area contributed by atoms with Gasteiger partial charge in [-0.1, -0.05) is 6.92 Å². The van der Waals surface area contributed by atoms with Crippen molar-refractivity contribution in [2.75, 3.05) is 18.8 Å². The topological polar surface area (TPSA) is 46.3 Å². The smallest absolute Gasteiger partial charge is 0.266 e. The highest BCUT2D eigenvalue weighted by Gasteiger charge is 2.24. The van der Waals surface area contributed by atoms with Gasteiger partial charge in [-0.25, -0.2) is 4.39 Å². The number of anilines is 1.